The molecule has 2 unspecified atom stereocenters. The lowest BCUT2D eigenvalue weighted by Gasteiger charge is -2.36. The number of amides is 5. The van der Waals surface area contributed by atoms with Crippen LogP contribution in [0.15, 0.2) is 30.5 Å². The molecule has 2 fully saturated rings. The zero-order valence-electron chi connectivity index (χ0n) is 25.6. The molecule has 0 radical (unpaired) electrons. The first-order chi connectivity index (χ1) is 20.6. The van der Waals surface area contributed by atoms with Gasteiger partial charge in [-0.1, -0.05) is 19.9 Å². The Hall–Kier alpha value is -3.93. The molecule has 2 heterocycles. The Kier molecular flexibility index (Phi) is 8.77. The summed E-state index contributed by atoms with van der Waals surface area (Å²) >= 11 is 0. The number of carbonyl (C=O) groups is 4. The number of nitrogens with one attached hydrogen (secondary N) is 4. The maximum Gasteiger partial charge on any atom is 0.318 e. The van der Waals surface area contributed by atoms with E-state index in [1.807, 2.05) is 18.2 Å². The topological polar surface area (TPSA) is 147 Å². The third-order valence-electron chi connectivity index (χ3n) is 9.49. The summed E-state index contributed by atoms with van der Waals surface area (Å²) < 4.78 is 7.00. The summed E-state index contributed by atoms with van der Waals surface area (Å²) in [5.41, 5.74) is 1.76. The van der Waals surface area contributed by atoms with Crippen molar-refractivity contribution in [3.05, 3.63) is 47.3 Å². The number of aryl methyl sites for hydroxylation is 1. The van der Waals surface area contributed by atoms with Crippen LogP contribution in [0.2, 0.25) is 0 Å². The van der Waals surface area contributed by atoms with Gasteiger partial charge in [-0.2, -0.15) is 5.10 Å². The van der Waals surface area contributed by atoms with Crippen LogP contribution in [-0.2, 0) is 34.2 Å². The summed E-state index contributed by atoms with van der Waals surface area (Å²) in [6.07, 6.45) is 5.55. The fraction of sp³-hybridized carbons (Fsp3) is 0.581. The minimum atomic E-state index is -1.05. The second kappa shape index (κ2) is 12.4. The summed E-state index contributed by atoms with van der Waals surface area (Å²) in [6, 6.07) is 6.21. The Morgan fingerprint density at radius 1 is 1.09 bits per heavy atom. The van der Waals surface area contributed by atoms with Crippen molar-refractivity contribution in [1.29, 1.82) is 0 Å². The van der Waals surface area contributed by atoms with E-state index in [2.05, 4.69) is 40.2 Å². The van der Waals surface area contributed by atoms with Crippen molar-refractivity contribution in [3.63, 3.8) is 0 Å². The molecule has 12 nitrogen and oxygen atoms in total. The number of aromatic nitrogens is 2. The maximum absolute atomic E-state index is 13.8. The van der Waals surface area contributed by atoms with Crippen LogP contribution in [0.25, 0.3) is 0 Å². The van der Waals surface area contributed by atoms with Crippen molar-refractivity contribution in [3.8, 4) is 0 Å². The highest BCUT2D eigenvalue weighted by Gasteiger charge is 2.53. The molecule has 3 atom stereocenters. The van der Waals surface area contributed by atoms with E-state index in [0.717, 1.165) is 36.8 Å². The molecule has 0 bridgehead atoms. The average Bonchev–Trinajstić information content (AvgIpc) is 3.72. The Bertz CT molecular complexity index is 1380. The monoisotopic (exact) mass is 593 g/mol. The summed E-state index contributed by atoms with van der Waals surface area (Å²) in [7, 11) is 4.98. The van der Waals surface area contributed by atoms with Gasteiger partial charge in [0.25, 0.3) is 5.91 Å². The van der Waals surface area contributed by atoms with Crippen LogP contribution in [0.1, 0.15) is 61.1 Å². The summed E-state index contributed by atoms with van der Waals surface area (Å²) in [4.78, 5) is 55.0. The van der Waals surface area contributed by atoms with E-state index < -0.39 is 11.6 Å². The molecule has 1 saturated heterocycles. The van der Waals surface area contributed by atoms with Gasteiger partial charge in [-0.05, 0) is 66.8 Å². The zero-order chi connectivity index (χ0) is 30.9. The highest BCUT2D eigenvalue weighted by Crippen LogP contribution is 2.38. The molecule has 5 rings (SSSR count). The molecule has 2 aromatic rings. The first-order valence-electron chi connectivity index (χ1n) is 15.1. The predicted octanol–water partition coefficient (Wildman–Crippen LogP) is 2.00. The van der Waals surface area contributed by atoms with Crippen LogP contribution in [0.3, 0.4) is 0 Å². The van der Waals surface area contributed by atoms with Crippen molar-refractivity contribution < 1.29 is 23.9 Å². The zero-order valence-corrected chi connectivity index (χ0v) is 25.6. The normalized spacial score (nSPS) is 25.7. The Morgan fingerprint density at radius 2 is 1.81 bits per heavy atom. The third kappa shape index (κ3) is 5.97. The molecular formula is C31H43N7O5. The van der Waals surface area contributed by atoms with Crippen LogP contribution < -0.4 is 21.3 Å². The second-order valence-electron chi connectivity index (χ2n) is 12.4. The third-order valence-corrected chi connectivity index (χ3v) is 9.49. The molecule has 2 aliphatic carbocycles. The minimum absolute atomic E-state index is 0.0370. The molecule has 1 aromatic carbocycles. The maximum atomic E-state index is 13.8. The van der Waals surface area contributed by atoms with Crippen molar-refractivity contribution in [1.82, 2.24) is 30.6 Å². The van der Waals surface area contributed by atoms with E-state index in [4.69, 9.17) is 4.74 Å². The highest BCUT2D eigenvalue weighted by molar-refractivity contribution is 6.01. The van der Waals surface area contributed by atoms with Gasteiger partial charge in [-0.15, -0.1) is 0 Å². The SMILES string of the molecule is CNC(=O)C1(N2C[C@@H](C(C)C)NC2=O)Cc2ccc(NC(=O)C(NC(=O)c3ccnn3C)C3CCC(OC)CC3)cc2C1. The molecule has 3 aliphatic rings. The first kappa shape index (κ1) is 30.5. The van der Waals surface area contributed by atoms with Crippen LogP contribution in [0.4, 0.5) is 10.5 Å². The Labute approximate surface area is 252 Å². The quantitative estimate of drug-likeness (QED) is 0.350. The number of nitrogens with zero attached hydrogens (tertiary/aromatic N) is 3. The lowest BCUT2D eigenvalue weighted by molar-refractivity contribution is -0.130. The first-order valence-corrected chi connectivity index (χ1v) is 15.1. The summed E-state index contributed by atoms with van der Waals surface area (Å²) in [5.74, 6) is -0.690. The van der Waals surface area contributed by atoms with Gasteiger partial charge in [0.1, 0.15) is 17.3 Å². The van der Waals surface area contributed by atoms with Gasteiger partial charge < -0.3 is 30.9 Å². The summed E-state index contributed by atoms with van der Waals surface area (Å²) in [6.45, 7) is 4.55. The van der Waals surface area contributed by atoms with Gasteiger partial charge in [0.15, 0.2) is 0 Å². The highest BCUT2D eigenvalue weighted by atomic mass is 16.5. The second-order valence-corrected chi connectivity index (χ2v) is 12.4. The number of methoxy groups -OCH3 is 1. The number of fused-ring (bicyclic) bond motifs is 1. The van der Waals surface area contributed by atoms with Gasteiger partial charge in [0.05, 0.1) is 12.1 Å². The fourth-order valence-corrected chi connectivity index (χ4v) is 6.84. The van der Waals surface area contributed by atoms with Gasteiger partial charge in [0.2, 0.25) is 11.8 Å². The van der Waals surface area contributed by atoms with Crippen molar-refractivity contribution in [2.24, 2.45) is 18.9 Å². The molecule has 12 heteroatoms. The average molecular weight is 594 g/mol. The minimum Gasteiger partial charge on any atom is -0.381 e. The molecule has 1 saturated carbocycles. The number of benzene rings is 1. The number of likely N-dealkylation sites (N-methyl/N-ethyl adjacent to an activating group) is 1. The molecule has 4 N–H and O–H groups in total. The number of urea groups is 1. The van der Waals surface area contributed by atoms with Gasteiger partial charge >= 0.3 is 6.03 Å². The smallest absolute Gasteiger partial charge is 0.318 e. The van der Waals surface area contributed by atoms with Gasteiger partial charge in [-0.3, -0.25) is 19.1 Å². The molecule has 5 amide bonds. The van der Waals surface area contributed by atoms with Gasteiger partial charge in [-0.25, -0.2) is 4.79 Å². The molecular weight excluding hydrogens is 550 g/mol. The van der Waals surface area contributed by atoms with E-state index in [1.54, 1.807) is 38.4 Å². The van der Waals surface area contributed by atoms with E-state index in [0.29, 0.717) is 30.8 Å². The Balaban J connectivity index is 1.35. The van der Waals surface area contributed by atoms with E-state index >= 15 is 0 Å². The number of ether oxygens (including phenoxy) is 1. The number of carbonyl (C=O) groups excluding carboxylic acids is 4. The van der Waals surface area contributed by atoms with Crippen LogP contribution in [0, 0.1) is 11.8 Å². The number of hydrogen-bond donors (Lipinski definition) is 4. The van der Waals surface area contributed by atoms with Crippen LogP contribution in [-0.4, -0.2) is 82.9 Å². The van der Waals surface area contributed by atoms with Crippen LogP contribution >= 0.6 is 0 Å². The van der Waals surface area contributed by atoms with Crippen LogP contribution in [0.5, 0.6) is 0 Å². The number of hydrogen-bond acceptors (Lipinski definition) is 6. The number of rotatable bonds is 9. The predicted molar refractivity (Wildman–Crippen MR) is 160 cm³/mol. The fourth-order valence-electron chi connectivity index (χ4n) is 6.84. The largest absolute Gasteiger partial charge is 0.381 e. The molecule has 0 spiro atoms. The molecule has 1 aliphatic heterocycles. The van der Waals surface area contributed by atoms with E-state index in [-0.39, 0.29) is 47.7 Å². The van der Waals surface area contributed by atoms with Crippen molar-refractivity contribution in [2.75, 3.05) is 26.0 Å². The molecule has 1 aromatic heterocycles. The standard InChI is InChI=1S/C31H43N7O5/c1-18(2)24-17-38(30(42)35-24)31(29(41)32-3)15-20-6-9-22(14-21(20)16-31)34-28(40)26(19-7-10-23(43-5)11-8-19)36-27(39)25-12-13-33-37(25)4/h6,9,12-14,18-19,23-24,26H,7-8,10-11,15-17H2,1-5H3,(H,32,41)(H,34,40)(H,35,42)(H,36,39)/t19?,23?,24-,26?,31?/m0/s1. The van der Waals surface area contributed by atoms with E-state index in [1.165, 1.54) is 4.68 Å². The number of anilines is 1. The summed E-state index contributed by atoms with van der Waals surface area (Å²) in [5, 5.41) is 15.9. The molecule has 232 valence electrons. The lowest BCUT2D eigenvalue weighted by Crippen LogP contribution is -2.60. The van der Waals surface area contributed by atoms with Crippen molar-refractivity contribution >= 4 is 29.4 Å². The Morgan fingerprint density at radius 3 is 2.42 bits per heavy atom. The van der Waals surface area contributed by atoms with Gasteiger partial charge in [0, 0.05) is 52.5 Å². The lowest BCUT2D eigenvalue weighted by atomic mass is 9.82. The van der Waals surface area contributed by atoms with Crippen molar-refractivity contribution in [2.45, 2.75) is 76.1 Å². The van der Waals surface area contributed by atoms with E-state index in [9.17, 15) is 19.2 Å². The molecule has 43 heavy (non-hydrogen) atoms.